The molecular formula is C11H13FO3. The summed E-state index contributed by atoms with van der Waals surface area (Å²) in [5.41, 5.74) is 0. The standard InChI is InChI=1S/C11H13FO3/c1-2-8(7-11(13)14)15-10-6-4-3-5-9(10)12/h3-6,8H,2,7H2,1H3,(H,13,14). The molecule has 1 aromatic carbocycles. The minimum atomic E-state index is -0.946. The molecule has 15 heavy (non-hydrogen) atoms. The van der Waals surface area contributed by atoms with Gasteiger partial charge in [-0.2, -0.15) is 0 Å². The van der Waals surface area contributed by atoms with Crippen molar-refractivity contribution in [1.82, 2.24) is 0 Å². The first-order chi connectivity index (χ1) is 7.13. The van der Waals surface area contributed by atoms with Gasteiger partial charge in [-0.05, 0) is 18.6 Å². The van der Waals surface area contributed by atoms with Crippen LogP contribution < -0.4 is 4.74 Å². The van der Waals surface area contributed by atoms with E-state index in [0.29, 0.717) is 6.42 Å². The van der Waals surface area contributed by atoms with Crippen LogP contribution in [0.25, 0.3) is 0 Å². The number of hydrogen-bond acceptors (Lipinski definition) is 2. The third kappa shape index (κ3) is 3.58. The third-order valence-electron chi connectivity index (χ3n) is 1.99. The van der Waals surface area contributed by atoms with E-state index >= 15 is 0 Å². The minimum absolute atomic E-state index is 0.102. The van der Waals surface area contributed by atoms with E-state index in [2.05, 4.69) is 0 Å². The molecule has 4 heteroatoms. The van der Waals surface area contributed by atoms with Gasteiger partial charge >= 0.3 is 5.97 Å². The molecule has 0 amide bonds. The summed E-state index contributed by atoms with van der Waals surface area (Å²) >= 11 is 0. The number of carboxylic acids is 1. The lowest BCUT2D eigenvalue weighted by molar-refractivity contribution is -0.138. The second-order valence-corrected chi connectivity index (χ2v) is 3.18. The highest BCUT2D eigenvalue weighted by molar-refractivity contribution is 5.67. The number of benzene rings is 1. The first-order valence-corrected chi connectivity index (χ1v) is 4.76. The van der Waals surface area contributed by atoms with Gasteiger partial charge in [0.25, 0.3) is 0 Å². The molecule has 0 spiro atoms. The molecule has 0 aliphatic carbocycles. The van der Waals surface area contributed by atoms with Crippen LogP contribution in [0.15, 0.2) is 24.3 Å². The summed E-state index contributed by atoms with van der Waals surface area (Å²) in [5.74, 6) is -1.31. The van der Waals surface area contributed by atoms with Crippen molar-refractivity contribution < 1.29 is 19.0 Å². The van der Waals surface area contributed by atoms with Crippen molar-refractivity contribution in [2.45, 2.75) is 25.9 Å². The van der Waals surface area contributed by atoms with Crippen LogP contribution in [0, 0.1) is 5.82 Å². The second-order valence-electron chi connectivity index (χ2n) is 3.18. The molecule has 3 nitrogen and oxygen atoms in total. The summed E-state index contributed by atoms with van der Waals surface area (Å²) < 4.78 is 18.4. The Morgan fingerprint density at radius 3 is 2.73 bits per heavy atom. The van der Waals surface area contributed by atoms with Crippen molar-refractivity contribution in [1.29, 1.82) is 0 Å². The third-order valence-corrected chi connectivity index (χ3v) is 1.99. The Hall–Kier alpha value is -1.58. The van der Waals surface area contributed by atoms with E-state index < -0.39 is 17.9 Å². The van der Waals surface area contributed by atoms with Crippen molar-refractivity contribution >= 4 is 5.97 Å². The Labute approximate surface area is 87.5 Å². The minimum Gasteiger partial charge on any atom is -0.487 e. The number of halogens is 1. The molecule has 0 heterocycles. The van der Waals surface area contributed by atoms with Crippen LogP contribution in [0.4, 0.5) is 4.39 Å². The quantitative estimate of drug-likeness (QED) is 0.815. The van der Waals surface area contributed by atoms with E-state index in [0.717, 1.165) is 0 Å². The van der Waals surface area contributed by atoms with Gasteiger partial charge in [0.15, 0.2) is 11.6 Å². The number of carboxylic acid groups (broad SMARTS) is 1. The molecule has 1 N–H and O–H groups in total. The predicted octanol–water partition coefficient (Wildman–Crippen LogP) is 2.46. The van der Waals surface area contributed by atoms with Crippen LogP contribution in [-0.4, -0.2) is 17.2 Å². The lowest BCUT2D eigenvalue weighted by Crippen LogP contribution is -2.20. The van der Waals surface area contributed by atoms with E-state index in [1.54, 1.807) is 19.1 Å². The number of aliphatic carboxylic acids is 1. The van der Waals surface area contributed by atoms with E-state index in [1.807, 2.05) is 0 Å². The second kappa shape index (κ2) is 5.34. The molecule has 0 saturated carbocycles. The van der Waals surface area contributed by atoms with Crippen LogP contribution in [0.3, 0.4) is 0 Å². The van der Waals surface area contributed by atoms with Gasteiger partial charge in [0, 0.05) is 0 Å². The van der Waals surface area contributed by atoms with Gasteiger partial charge in [0.1, 0.15) is 6.10 Å². The molecule has 0 aliphatic rings. The Balaban J connectivity index is 2.66. The van der Waals surface area contributed by atoms with Gasteiger partial charge in [-0.15, -0.1) is 0 Å². The molecule has 0 saturated heterocycles. The normalized spacial score (nSPS) is 12.1. The number of rotatable bonds is 5. The zero-order valence-corrected chi connectivity index (χ0v) is 8.44. The van der Waals surface area contributed by atoms with E-state index in [-0.39, 0.29) is 12.2 Å². The van der Waals surface area contributed by atoms with Crippen LogP contribution in [0.2, 0.25) is 0 Å². The van der Waals surface area contributed by atoms with Gasteiger partial charge in [-0.3, -0.25) is 4.79 Å². The smallest absolute Gasteiger partial charge is 0.307 e. The largest absolute Gasteiger partial charge is 0.487 e. The monoisotopic (exact) mass is 212 g/mol. The first kappa shape index (κ1) is 11.5. The van der Waals surface area contributed by atoms with Crippen molar-refractivity contribution in [3.8, 4) is 5.75 Å². The Morgan fingerprint density at radius 2 is 2.20 bits per heavy atom. The lowest BCUT2D eigenvalue weighted by Gasteiger charge is -2.15. The predicted molar refractivity (Wildman–Crippen MR) is 53.4 cm³/mol. The fourth-order valence-electron chi connectivity index (χ4n) is 1.18. The molecule has 0 bridgehead atoms. The molecule has 0 aliphatic heterocycles. The fraction of sp³-hybridized carbons (Fsp3) is 0.364. The topological polar surface area (TPSA) is 46.5 Å². The van der Waals surface area contributed by atoms with E-state index in [4.69, 9.17) is 9.84 Å². The van der Waals surface area contributed by atoms with Crippen molar-refractivity contribution in [2.24, 2.45) is 0 Å². The van der Waals surface area contributed by atoms with E-state index in [1.165, 1.54) is 12.1 Å². The van der Waals surface area contributed by atoms with Crippen molar-refractivity contribution in [3.05, 3.63) is 30.1 Å². The number of carbonyl (C=O) groups is 1. The number of para-hydroxylation sites is 1. The summed E-state index contributed by atoms with van der Waals surface area (Å²) in [5, 5.41) is 8.59. The molecule has 0 radical (unpaired) electrons. The molecule has 0 aromatic heterocycles. The number of ether oxygens (including phenoxy) is 1. The van der Waals surface area contributed by atoms with Gasteiger partial charge < -0.3 is 9.84 Å². The van der Waals surface area contributed by atoms with Crippen molar-refractivity contribution in [3.63, 3.8) is 0 Å². The highest BCUT2D eigenvalue weighted by atomic mass is 19.1. The molecule has 1 rings (SSSR count). The molecule has 1 aromatic rings. The Bertz CT molecular complexity index is 338. The fourth-order valence-corrected chi connectivity index (χ4v) is 1.18. The highest BCUT2D eigenvalue weighted by Gasteiger charge is 2.14. The van der Waals surface area contributed by atoms with Gasteiger partial charge in [-0.1, -0.05) is 19.1 Å². The number of hydrogen-bond donors (Lipinski definition) is 1. The highest BCUT2D eigenvalue weighted by Crippen LogP contribution is 2.19. The van der Waals surface area contributed by atoms with Gasteiger partial charge in [0.05, 0.1) is 6.42 Å². The maximum absolute atomic E-state index is 13.2. The average molecular weight is 212 g/mol. The zero-order chi connectivity index (χ0) is 11.3. The lowest BCUT2D eigenvalue weighted by atomic mass is 10.2. The summed E-state index contributed by atoms with van der Waals surface area (Å²) in [6.45, 7) is 1.80. The Kier molecular flexibility index (Phi) is 4.09. The van der Waals surface area contributed by atoms with Crippen LogP contribution >= 0.6 is 0 Å². The van der Waals surface area contributed by atoms with E-state index in [9.17, 15) is 9.18 Å². The summed E-state index contributed by atoms with van der Waals surface area (Å²) in [4.78, 5) is 10.5. The van der Waals surface area contributed by atoms with Gasteiger partial charge in [0.2, 0.25) is 0 Å². The Morgan fingerprint density at radius 1 is 1.53 bits per heavy atom. The zero-order valence-electron chi connectivity index (χ0n) is 8.44. The molecule has 1 atom stereocenters. The molecule has 0 fully saturated rings. The van der Waals surface area contributed by atoms with Crippen LogP contribution in [0.1, 0.15) is 19.8 Å². The van der Waals surface area contributed by atoms with Crippen molar-refractivity contribution in [2.75, 3.05) is 0 Å². The maximum Gasteiger partial charge on any atom is 0.307 e. The molecular weight excluding hydrogens is 199 g/mol. The molecule has 1 unspecified atom stereocenters. The SMILES string of the molecule is CCC(CC(=O)O)Oc1ccccc1F. The van der Waals surface area contributed by atoms with Crippen LogP contribution in [0.5, 0.6) is 5.75 Å². The molecule has 82 valence electrons. The van der Waals surface area contributed by atoms with Crippen LogP contribution in [-0.2, 0) is 4.79 Å². The summed E-state index contributed by atoms with van der Waals surface area (Å²) in [6, 6.07) is 5.97. The summed E-state index contributed by atoms with van der Waals surface area (Å²) in [7, 11) is 0. The van der Waals surface area contributed by atoms with Gasteiger partial charge in [-0.25, -0.2) is 4.39 Å². The first-order valence-electron chi connectivity index (χ1n) is 4.76. The average Bonchev–Trinajstić information content (AvgIpc) is 2.19. The summed E-state index contributed by atoms with van der Waals surface area (Å²) in [6.07, 6.45) is -0.0785. The maximum atomic E-state index is 13.2.